The minimum Gasteiger partial charge on any atom is -0.454 e. The molecule has 28 heavy (non-hydrogen) atoms. The number of sulfonamides is 1. The van der Waals surface area contributed by atoms with E-state index in [4.69, 9.17) is 16.3 Å². The molecule has 1 aliphatic heterocycles. The zero-order valence-electron chi connectivity index (χ0n) is 14.7. The number of carbonyl (C=O) groups excluding carboxylic acids is 1. The summed E-state index contributed by atoms with van der Waals surface area (Å²) in [4.78, 5) is 13.6. The van der Waals surface area contributed by atoms with Crippen LogP contribution in [0, 0.1) is 0 Å². The first-order valence-electron chi connectivity index (χ1n) is 8.26. The van der Waals surface area contributed by atoms with E-state index in [1.54, 1.807) is 18.2 Å². The Morgan fingerprint density at radius 2 is 1.93 bits per heavy atom. The Bertz CT molecular complexity index is 1160. The average Bonchev–Trinajstić information content (AvgIpc) is 3.12. The Hall–Kier alpha value is -2.39. The van der Waals surface area contributed by atoms with E-state index in [0.717, 1.165) is 4.88 Å². The largest absolute Gasteiger partial charge is 0.454 e. The van der Waals surface area contributed by atoms with Crippen molar-refractivity contribution < 1.29 is 17.9 Å². The number of benzene rings is 2. The number of thiophene rings is 1. The first kappa shape index (κ1) is 18.9. The van der Waals surface area contributed by atoms with E-state index in [1.165, 1.54) is 40.9 Å². The minimum absolute atomic E-state index is 0.0213. The predicted molar refractivity (Wildman–Crippen MR) is 109 cm³/mol. The molecule has 144 valence electrons. The molecule has 3 aromatic rings. The fourth-order valence-electron chi connectivity index (χ4n) is 2.82. The highest BCUT2D eigenvalue weighted by molar-refractivity contribution is 7.89. The first-order valence-corrected chi connectivity index (χ1v) is 11.0. The van der Waals surface area contributed by atoms with Gasteiger partial charge < -0.3 is 10.1 Å². The highest BCUT2D eigenvalue weighted by atomic mass is 35.5. The molecule has 0 aliphatic carbocycles. The van der Waals surface area contributed by atoms with Crippen LogP contribution in [-0.2, 0) is 16.6 Å². The number of hydrogen-bond acceptors (Lipinski definition) is 5. The molecule has 1 amide bonds. The van der Waals surface area contributed by atoms with Crippen LogP contribution in [0.5, 0.6) is 11.5 Å². The summed E-state index contributed by atoms with van der Waals surface area (Å²) in [5.74, 6) is 0.245. The van der Waals surface area contributed by atoms with Gasteiger partial charge in [0.2, 0.25) is 10.0 Å². The van der Waals surface area contributed by atoms with Crippen molar-refractivity contribution in [1.82, 2.24) is 4.31 Å². The lowest BCUT2D eigenvalue weighted by Crippen LogP contribution is -2.26. The summed E-state index contributed by atoms with van der Waals surface area (Å²) in [6.45, 7) is 0.254. The third-order valence-corrected chi connectivity index (χ3v) is 7.17. The van der Waals surface area contributed by atoms with Gasteiger partial charge in [0.25, 0.3) is 5.91 Å². The molecule has 9 heteroatoms. The monoisotopic (exact) mass is 434 g/mol. The lowest BCUT2D eigenvalue weighted by atomic mass is 10.2. The summed E-state index contributed by atoms with van der Waals surface area (Å²) in [5, 5.41) is 5.05. The molecule has 2 heterocycles. The summed E-state index contributed by atoms with van der Waals surface area (Å²) < 4.78 is 32.9. The number of carbonyl (C=O) groups is 1. The van der Waals surface area contributed by atoms with Crippen molar-refractivity contribution >= 4 is 44.6 Å². The van der Waals surface area contributed by atoms with Gasteiger partial charge in [-0.05, 0) is 47.8 Å². The van der Waals surface area contributed by atoms with Crippen LogP contribution >= 0.6 is 22.9 Å². The molecule has 0 spiro atoms. The van der Waals surface area contributed by atoms with Crippen molar-refractivity contribution in [2.45, 2.75) is 11.4 Å². The number of nitrogens with one attached hydrogen (secondary N) is 1. The molecule has 1 aliphatic rings. The predicted octanol–water partition coefficient (Wildman–Crippen LogP) is 4.58. The Morgan fingerprint density at radius 3 is 2.68 bits per heavy atom. The van der Waals surface area contributed by atoms with E-state index in [-0.39, 0.29) is 22.8 Å². The van der Waals surface area contributed by atoms with Crippen LogP contribution in [0.15, 0.2) is 58.8 Å². The molecule has 0 saturated carbocycles. The van der Waals surface area contributed by atoms with E-state index in [1.807, 2.05) is 17.5 Å². The maximum absolute atomic E-state index is 12.9. The maximum Gasteiger partial charge on any atom is 0.259 e. The number of fused-ring (bicyclic) bond motifs is 2. The SMILES string of the molecule is CN(Cc1cccs1)S(=O)(=O)c1ccc2c(c1)C(=O)Nc1cc(Cl)ccc1O2. The third kappa shape index (κ3) is 3.51. The molecule has 0 radical (unpaired) electrons. The molecule has 0 unspecified atom stereocenters. The van der Waals surface area contributed by atoms with Crippen molar-refractivity contribution in [3.63, 3.8) is 0 Å². The van der Waals surface area contributed by atoms with Gasteiger partial charge in [0, 0.05) is 23.5 Å². The van der Waals surface area contributed by atoms with E-state index < -0.39 is 15.9 Å². The van der Waals surface area contributed by atoms with E-state index in [2.05, 4.69) is 5.32 Å². The van der Waals surface area contributed by atoms with Crippen LogP contribution in [0.1, 0.15) is 15.2 Å². The maximum atomic E-state index is 12.9. The van der Waals surface area contributed by atoms with Crippen LogP contribution in [0.25, 0.3) is 0 Å². The summed E-state index contributed by atoms with van der Waals surface area (Å²) in [5.41, 5.74) is 0.561. The van der Waals surface area contributed by atoms with E-state index in [9.17, 15) is 13.2 Å². The molecule has 6 nitrogen and oxygen atoms in total. The molecule has 0 atom stereocenters. The van der Waals surface area contributed by atoms with E-state index in [0.29, 0.717) is 16.5 Å². The summed E-state index contributed by atoms with van der Waals surface area (Å²) >= 11 is 7.46. The fraction of sp³-hybridized carbons (Fsp3) is 0.105. The second kappa shape index (κ2) is 7.21. The van der Waals surface area contributed by atoms with Crippen LogP contribution in [0.2, 0.25) is 5.02 Å². The quantitative estimate of drug-likeness (QED) is 0.652. The van der Waals surface area contributed by atoms with Gasteiger partial charge in [-0.2, -0.15) is 4.31 Å². The van der Waals surface area contributed by atoms with Gasteiger partial charge in [-0.15, -0.1) is 11.3 Å². The zero-order chi connectivity index (χ0) is 19.9. The van der Waals surface area contributed by atoms with Gasteiger partial charge in [-0.3, -0.25) is 4.79 Å². The number of nitrogens with zero attached hydrogens (tertiary/aromatic N) is 1. The van der Waals surface area contributed by atoms with Crippen LogP contribution < -0.4 is 10.1 Å². The number of amides is 1. The molecule has 1 aromatic heterocycles. The zero-order valence-corrected chi connectivity index (χ0v) is 17.1. The minimum atomic E-state index is -3.77. The number of ether oxygens (including phenoxy) is 1. The highest BCUT2D eigenvalue weighted by Gasteiger charge is 2.27. The average molecular weight is 435 g/mol. The number of anilines is 1. The Kier molecular flexibility index (Phi) is 4.88. The normalized spacial score (nSPS) is 13.3. The number of halogens is 1. The van der Waals surface area contributed by atoms with Gasteiger partial charge >= 0.3 is 0 Å². The lowest BCUT2D eigenvalue weighted by Gasteiger charge is -2.17. The lowest BCUT2D eigenvalue weighted by molar-refractivity contribution is 0.102. The van der Waals surface area contributed by atoms with Crippen molar-refractivity contribution in [2.24, 2.45) is 0 Å². The van der Waals surface area contributed by atoms with Crippen molar-refractivity contribution in [3.8, 4) is 11.5 Å². The fourth-order valence-corrected chi connectivity index (χ4v) is 5.01. The highest BCUT2D eigenvalue weighted by Crippen LogP contribution is 2.38. The molecule has 0 fully saturated rings. The van der Waals surface area contributed by atoms with Crippen molar-refractivity contribution in [2.75, 3.05) is 12.4 Å². The van der Waals surface area contributed by atoms with Gasteiger partial charge in [0.1, 0.15) is 5.75 Å². The summed E-state index contributed by atoms with van der Waals surface area (Å²) in [7, 11) is -2.27. The van der Waals surface area contributed by atoms with Gasteiger partial charge in [-0.1, -0.05) is 17.7 Å². The smallest absolute Gasteiger partial charge is 0.259 e. The van der Waals surface area contributed by atoms with Crippen LogP contribution in [0.3, 0.4) is 0 Å². The Labute approximate surface area is 171 Å². The summed E-state index contributed by atoms with van der Waals surface area (Å²) in [6, 6.07) is 12.9. The molecular formula is C19H15ClN2O4S2. The Morgan fingerprint density at radius 1 is 1.14 bits per heavy atom. The second-order valence-electron chi connectivity index (χ2n) is 6.20. The molecule has 0 saturated heterocycles. The summed E-state index contributed by atoms with van der Waals surface area (Å²) in [6.07, 6.45) is 0. The standard InChI is InChI=1S/C19H15ClN2O4S2/c1-22(11-13-3-2-8-27-13)28(24,25)14-5-7-17-15(10-14)19(23)21-16-9-12(20)4-6-18(16)26-17/h2-10H,11H2,1H3,(H,21,23). The van der Waals surface area contributed by atoms with Crippen molar-refractivity contribution in [1.29, 1.82) is 0 Å². The number of rotatable bonds is 4. The van der Waals surface area contributed by atoms with Gasteiger partial charge in [-0.25, -0.2) is 8.42 Å². The topological polar surface area (TPSA) is 75.7 Å². The molecular weight excluding hydrogens is 420 g/mol. The second-order valence-corrected chi connectivity index (χ2v) is 9.71. The third-order valence-electron chi connectivity index (χ3n) is 4.27. The molecule has 0 bridgehead atoms. The molecule has 2 aromatic carbocycles. The Balaban J connectivity index is 1.68. The van der Waals surface area contributed by atoms with Crippen LogP contribution in [0.4, 0.5) is 5.69 Å². The molecule has 4 rings (SSSR count). The number of hydrogen-bond donors (Lipinski definition) is 1. The van der Waals surface area contributed by atoms with E-state index >= 15 is 0 Å². The first-order chi connectivity index (χ1) is 13.3. The van der Waals surface area contributed by atoms with Gasteiger partial charge in [0.15, 0.2) is 5.75 Å². The molecule has 1 N–H and O–H groups in total. The van der Waals surface area contributed by atoms with Crippen LogP contribution in [-0.4, -0.2) is 25.7 Å². The van der Waals surface area contributed by atoms with Crippen molar-refractivity contribution in [3.05, 3.63) is 69.4 Å². The van der Waals surface area contributed by atoms with Gasteiger partial charge in [0.05, 0.1) is 16.1 Å².